The Hall–Kier alpha value is -0.585. The minimum absolute atomic E-state index is 0.173. The van der Waals surface area contributed by atoms with Crippen LogP contribution in [0.15, 0.2) is 0 Å². The van der Waals surface area contributed by atoms with E-state index in [4.69, 9.17) is 0 Å². The number of hydrogen-bond donors (Lipinski definition) is 4. The lowest BCUT2D eigenvalue weighted by molar-refractivity contribution is -0.147. The SMILES string of the molecule is CB(O)CCCC12CCNC1(C(=O)O)CNC2. The second-order valence-electron chi connectivity index (χ2n) is 5.51. The first-order chi connectivity index (χ1) is 8.02. The maximum Gasteiger partial charge on any atom is 0.325 e. The second kappa shape index (κ2) is 4.59. The first-order valence-corrected chi connectivity index (χ1v) is 6.40. The van der Waals surface area contributed by atoms with Gasteiger partial charge in [0, 0.05) is 18.5 Å². The highest BCUT2D eigenvalue weighted by Crippen LogP contribution is 2.46. The second-order valence-corrected chi connectivity index (χ2v) is 5.51. The van der Waals surface area contributed by atoms with Gasteiger partial charge in [-0.15, -0.1) is 0 Å². The van der Waals surface area contributed by atoms with Gasteiger partial charge >= 0.3 is 5.97 Å². The van der Waals surface area contributed by atoms with Crippen LogP contribution in [-0.2, 0) is 4.79 Å². The lowest BCUT2D eigenvalue weighted by Crippen LogP contribution is -2.58. The highest BCUT2D eigenvalue weighted by atomic mass is 16.4. The molecule has 2 saturated heterocycles. The zero-order chi connectivity index (χ0) is 12.5. The van der Waals surface area contributed by atoms with Gasteiger partial charge < -0.3 is 20.8 Å². The Labute approximate surface area is 102 Å². The first kappa shape index (κ1) is 12.9. The van der Waals surface area contributed by atoms with Crippen molar-refractivity contribution in [3.8, 4) is 0 Å². The summed E-state index contributed by atoms with van der Waals surface area (Å²) in [7, 11) is 0. The van der Waals surface area contributed by atoms with Gasteiger partial charge in [0.25, 0.3) is 6.92 Å². The van der Waals surface area contributed by atoms with Gasteiger partial charge in [-0.3, -0.25) is 4.79 Å². The molecule has 0 aromatic rings. The van der Waals surface area contributed by atoms with Crippen molar-refractivity contribution in [3.05, 3.63) is 0 Å². The van der Waals surface area contributed by atoms with E-state index in [1.165, 1.54) is 0 Å². The van der Waals surface area contributed by atoms with Crippen LogP contribution in [0.1, 0.15) is 19.3 Å². The predicted octanol–water partition coefficient (Wildman–Crippen LogP) is -0.213. The van der Waals surface area contributed by atoms with Crippen LogP contribution in [-0.4, -0.2) is 48.2 Å². The van der Waals surface area contributed by atoms with Crippen LogP contribution in [0.25, 0.3) is 0 Å². The molecule has 2 rings (SSSR count). The molecule has 2 aliphatic heterocycles. The minimum atomic E-state index is -0.786. The average molecular weight is 240 g/mol. The molecule has 2 aliphatic rings. The van der Waals surface area contributed by atoms with Gasteiger partial charge in [-0.2, -0.15) is 0 Å². The zero-order valence-electron chi connectivity index (χ0n) is 10.3. The maximum absolute atomic E-state index is 11.6. The van der Waals surface area contributed by atoms with Gasteiger partial charge in [-0.05, 0) is 25.7 Å². The number of carbonyl (C=O) groups is 1. The molecular formula is C11H21BN2O3. The number of carboxylic acids is 1. The van der Waals surface area contributed by atoms with Gasteiger partial charge in [0.15, 0.2) is 0 Å². The van der Waals surface area contributed by atoms with Crippen LogP contribution in [0.4, 0.5) is 0 Å². The van der Waals surface area contributed by atoms with Crippen LogP contribution in [0, 0.1) is 5.41 Å². The van der Waals surface area contributed by atoms with Crippen molar-refractivity contribution in [1.29, 1.82) is 0 Å². The Morgan fingerprint density at radius 2 is 2.24 bits per heavy atom. The van der Waals surface area contributed by atoms with E-state index in [2.05, 4.69) is 10.6 Å². The molecule has 0 saturated carbocycles. The van der Waals surface area contributed by atoms with Crippen molar-refractivity contribution in [3.63, 3.8) is 0 Å². The first-order valence-electron chi connectivity index (χ1n) is 6.40. The van der Waals surface area contributed by atoms with Crippen molar-refractivity contribution in [2.75, 3.05) is 19.6 Å². The summed E-state index contributed by atoms with van der Waals surface area (Å²) in [5, 5.41) is 25.2. The summed E-state index contributed by atoms with van der Waals surface area (Å²) >= 11 is 0. The van der Waals surface area contributed by atoms with Crippen LogP contribution in [0.5, 0.6) is 0 Å². The number of nitrogens with one attached hydrogen (secondary N) is 2. The lowest BCUT2D eigenvalue weighted by atomic mass is 9.63. The number of aliphatic carboxylic acids is 1. The smallest absolute Gasteiger partial charge is 0.325 e. The van der Waals surface area contributed by atoms with Crippen LogP contribution < -0.4 is 10.6 Å². The van der Waals surface area contributed by atoms with E-state index in [0.717, 1.165) is 38.7 Å². The van der Waals surface area contributed by atoms with Crippen LogP contribution >= 0.6 is 0 Å². The highest BCUT2D eigenvalue weighted by molar-refractivity contribution is 6.48. The molecule has 2 unspecified atom stereocenters. The standard InChI is InChI=1S/C11H21BN2O3/c1-12(17)5-2-3-10-4-6-14-11(10,9(15)16)8-13-7-10/h13-14,17H,2-8H2,1H3,(H,15,16). The summed E-state index contributed by atoms with van der Waals surface area (Å²) in [5.74, 6) is -0.739. The van der Waals surface area contributed by atoms with Gasteiger partial charge in [-0.25, -0.2) is 0 Å². The quantitative estimate of drug-likeness (QED) is 0.500. The molecule has 5 nitrogen and oxygen atoms in total. The summed E-state index contributed by atoms with van der Waals surface area (Å²) < 4.78 is 0. The number of fused-ring (bicyclic) bond motifs is 1. The molecule has 96 valence electrons. The summed E-state index contributed by atoms with van der Waals surface area (Å²) in [4.78, 5) is 11.6. The fourth-order valence-corrected chi connectivity index (χ4v) is 3.44. The molecule has 17 heavy (non-hydrogen) atoms. The normalized spacial score (nSPS) is 35.9. The predicted molar refractivity (Wildman–Crippen MR) is 66.2 cm³/mol. The monoisotopic (exact) mass is 240 g/mol. The van der Waals surface area contributed by atoms with E-state index in [0.29, 0.717) is 6.54 Å². The molecular weight excluding hydrogens is 219 g/mol. The van der Waals surface area contributed by atoms with E-state index in [1.54, 1.807) is 6.82 Å². The molecule has 4 N–H and O–H groups in total. The van der Waals surface area contributed by atoms with Crippen molar-refractivity contribution < 1.29 is 14.9 Å². The van der Waals surface area contributed by atoms with E-state index in [9.17, 15) is 14.9 Å². The Balaban J connectivity index is 2.08. The highest BCUT2D eigenvalue weighted by Gasteiger charge is 2.62. The molecule has 0 spiro atoms. The van der Waals surface area contributed by atoms with Crippen LogP contribution in [0.3, 0.4) is 0 Å². The molecule has 6 heteroatoms. The molecule has 2 fully saturated rings. The van der Waals surface area contributed by atoms with Crippen molar-refractivity contribution in [2.45, 2.75) is 37.9 Å². The van der Waals surface area contributed by atoms with E-state index in [1.807, 2.05) is 0 Å². The fraction of sp³-hybridized carbons (Fsp3) is 0.909. The van der Waals surface area contributed by atoms with Crippen molar-refractivity contribution >= 4 is 12.9 Å². The zero-order valence-corrected chi connectivity index (χ0v) is 10.3. The molecule has 0 amide bonds. The van der Waals surface area contributed by atoms with Crippen LogP contribution in [0.2, 0.25) is 13.1 Å². The van der Waals surface area contributed by atoms with Gasteiger partial charge in [-0.1, -0.05) is 13.2 Å². The molecule has 0 aromatic heterocycles. The van der Waals surface area contributed by atoms with Gasteiger partial charge in [0.2, 0.25) is 0 Å². The third-order valence-corrected chi connectivity index (χ3v) is 4.43. The molecule has 2 atom stereocenters. The molecule has 0 bridgehead atoms. The Bertz CT molecular complexity index is 299. The Kier molecular flexibility index (Phi) is 3.47. The van der Waals surface area contributed by atoms with E-state index in [-0.39, 0.29) is 12.3 Å². The molecule has 2 heterocycles. The minimum Gasteiger partial charge on any atom is -0.480 e. The van der Waals surface area contributed by atoms with Gasteiger partial charge in [0.05, 0.1) is 0 Å². The Morgan fingerprint density at radius 1 is 1.47 bits per heavy atom. The topological polar surface area (TPSA) is 81.6 Å². The summed E-state index contributed by atoms with van der Waals surface area (Å²) in [5.41, 5.74) is -0.959. The summed E-state index contributed by atoms with van der Waals surface area (Å²) in [6.07, 6.45) is 3.41. The Morgan fingerprint density at radius 3 is 2.88 bits per heavy atom. The van der Waals surface area contributed by atoms with E-state index >= 15 is 0 Å². The number of carboxylic acid groups (broad SMARTS) is 1. The summed E-state index contributed by atoms with van der Waals surface area (Å²) in [6.45, 7) is 3.54. The van der Waals surface area contributed by atoms with E-state index < -0.39 is 11.5 Å². The number of hydrogen-bond acceptors (Lipinski definition) is 4. The van der Waals surface area contributed by atoms with Crippen molar-refractivity contribution in [2.24, 2.45) is 5.41 Å². The van der Waals surface area contributed by atoms with Gasteiger partial charge in [0.1, 0.15) is 5.54 Å². The maximum atomic E-state index is 11.6. The average Bonchev–Trinajstić information content (AvgIpc) is 2.72. The third-order valence-electron chi connectivity index (χ3n) is 4.43. The lowest BCUT2D eigenvalue weighted by Gasteiger charge is -2.36. The molecule has 0 aromatic carbocycles. The molecule has 0 radical (unpaired) electrons. The summed E-state index contributed by atoms with van der Waals surface area (Å²) in [6, 6.07) is 0. The third kappa shape index (κ3) is 1.98. The molecule has 0 aliphatic carbocycles. The fourth-order valence-electron chi connectivity index (χ4n) is 3.44. The number of rotatable bonds is 5. The largest absolute Gasteiger partial charge is 0.480 e. The van der Waals surface area contributed by atoms with Crippen molar-refractivity contribution in [1.82, 2.24) is 10.6 Å².